The van der Waals surface area contributed by atoms with Gasteiger partial charge in [0.05, 0.1) is 13.2 Å². The first-order valence-electron chi connectivity index (χ1n) is 8.78. The third-order valence-electron chi connectivity index (χ3n) is 4.23. The summed E-state index contributed by atoms with van der Waals surface area (Å²) in [6.07, 6.45) is 3.26. The van der Waals surface area contributed by atoms with E-state index in [-0.39, 0.29) is 13.2 Å². The summed E-state index contributed by atoms with van der Waals surface area (Å²) in [6.45, 7) is 1.25. The number of hydrogen-bond acceptors (Lipinski definition) is 3. The van der Waals surface area contributed by atoms with Crippen LogP contribution in [0.15, 0.2) is 48.5 Å². The van der Waals surface area contributed by atoms with Gasteiger partial charge in [-0.15, -0.1) is 0 Å². The highest BCUT2D eigenvalue weighted by atomic mass is 35.7. The van der Waals surface area contributed by atoms with Crippen molar-refractivity contribution in [2.75, 3.05) is 13.2 Å². The molecule has 0 aliphatic carbocycles. The third-order valence-corrected chi connectivity index (χ3v) is 5.80. The van der Waals surface area contributed by atoms with Crippen LogP contribution in [0.4, 0.5) is 0 Å². The Hall–Kier alpha value is -1.12. The fourth-order valence-corrected chi connectivity index (χ4v) is 3.97. The highest BCUT2D eigenvalue weighted by Gasteiger charge is 2.20. The summed E-state index contributed by atoms with van der Waals surface area (Å²) < 4.78 is 22.9. The molecule has 0 heterocycles. The Labute approximate surface area is 155 Å². The lowest BCUT2D eigenvalue weighted by atomic mass is 10.0. The van der Waals surface area contributed by atoms with Gasteiger partial charge in [-0.3, -0.25) is 9.05 Å². The molecule has 0 aromatic heterocycles. The molecule has 0 saturated carbocycles. The van der Waals surface area contributed by atoms with E-state index in [1.807, 2.05) is 24.3 Å². The van der Waals surface area contributed by atoms with E-state index in [4.69, 9.17) is 20.3 Å². The van der Waals surface area contributed by atoms with Crippen LogP contribution in [0.2, 0.25) is 0 Å². The van der Waals surface area contributed by atoms with Gasteiger partial charge in [-0.25, -0.2) is 4.57 Å². The number of halogens is 1. The average molecular weight is 381 g/mol. The lowest BCUT2D eigenvalue weighted by Gasteiger charge is -2.14. The maximum absolute atomic E-state index is 12.2. The van der Waals surface area contributed by atoms with E-state index in [1.165, 1.54) is 22.3 Å². The fourth-order valence-electron chi connectivity index (χ4n) is 2.86. The molecular weight excluding hydrogens is 355 g/mol. The fraction of sp³-hybridized carbons (Fsp3) is 0.400. The standard InChI is InChI=1S/C20H26ClO3P/c1-3-17-9-5-7-11-19(17)13-15-23-25(21,22)24-16-14-20-12-8-6-10-18(20)4-2/h5-12H,3-4,13-16H2,1-2H3. The van der Waals surface area contributed by atoms with Crippen LogP contribution in [0.3, 0.4) is 0 Å². The second-order valence-corrected chi connectivity index (χ2v) is 8.46. The lowest BCUT2D eigenvalue weighted by Crippen LogP contribution is -2.03. The van der Waals surface area contributed by atoms with Gasteiger partial charge >= 0.3 is 6.95 Å². The molecule has 0 aliphatic rings. The van der Waals surface area contributed by atoms with Crippen molar-refractivity contribution < 1.29 is 13.6 Å². The van der Waals surface area contributed by atoms with Crippen LogP contribution in [-0.4, -0.2) is 13.2 Å². The van der Waals surface area contributed by atoms with Gasteiger partial charge in [0.15, 0.2) is 0 Å². The van der Waals surface area contributed by atoms with Gasteiger partial charge < -0.3 is 0 Å². The van der Waals surface area contributed by atoms with E-state index in [0.29, 0.717) is 12.8 Å². The molecule has 0 fully saturated rings. The normalized spacial score (nSPS) is 11.6. The van der Waals surface area contributed by atoms with E-state index in [0.717, 1.165) is 12.8 Å². The number of benzene rings is 2. The van der Waals surface area contributed by atoms with Gasteiger partial charge in [0.1, 0.15) is 0 Å². The molecule has 0 bridgehead atoms. The number of rotatable bonds is 10. The molecular formula is C20H26ClO3P. The van der Waals surface area contributed by atoms with Crippen LogP contribution < -0.4 is 0 Å². The first kappa shape index (κ1) is 20.2. The Balaban J connectivity index is 1.79. The van der Waals surface area contributed by atoms with Crippen molar-refractivity contribution in [3.63, 3.8) is 0 Å². The second-order valence-electron chi connectivity index (χ2n) is 5.84. The van der Waals surface area contributed by atoms with E-state index >= 15 is 0 Å². The first-order valence-corrected chi connectivity index (χ1v) is 11.2. The zero-order chi connectivity index (χ0) is 18.1. The van der Waals surface area contributed by atoms with Gasteiger partial charge in [-0.2, -0.15) is 0 Å². The molecule has 2 aromatic rings. The second kappa shape index (κ2) is 10.1. The van der Waals surface area contributed by atoms with Gasteiger partial charge in [-0.05, 0) is 47.9 Å². The van der Waals surface area contributed by atoms with E-state index < -0.39 is 6.95 Å². The van der Waals surface area contributed by atoms with Crippen molar-refractivity contribution in [1.29, 1.82) is 0 Å². The SMILES string of the molecule is CCc1ccccc1CCOP(=O)(Cl)OCCc1ccccc1CC. The Bertz CT molecular complexity index is 660. The van der Waals surface area contributed by atoms with Crippen LogP contribution >= 0.6 is 18.2 Å². The van der Waals surface area contributed by atoms with Crippen LogP contribution in [0.25, 0.3) is 0 Å². The molecule has 3 nitrogen and oxygen atoms in total. The highest BCUT2D eigenvalue weighted by molar-refractivity contribution is 7.81. The summed E-state index contributed by atoms with van der Waals surface area (Å²) in [5.41, 5.74) is 4.93. The zero-order valence-corrected chi connectivity index (χ0v) is 16.6. The first-order chi connectivity index (χ1) is 12.1. The third kappa shape index (κ3) is 6.60. The van der Waals surface area contributed by atoms with E-state index in [9.17, 15) is 4.57 Å². The minimum Gasteiger partial charge on any atom is -0.297 e. The maximum Gasteiger partial charge on any atom is 0.424 e. The minimum atomic E-state index is -3.54. The van der Waals surface area contributed by atoms with Crippen molar-refractivity contribution in [1.82, 2.24) is 0 Å². The Kier molecular flexibility index (Phi) is 8.18. The summed E-state index contributed by atoms with van der Waals surface area (Å²) in [7, 11) is 0. The Morgan fingerprint density at radius 3 is 1.48 bits per heavy atom. The predicted octanol–water partition coefficient (Wildman–Crippen LogP) is 5.98. The smallest absolute Gasteiger partial charge is 0.297 e. The monoisotopic (exact) mass is 380 g/mol. The Morgan fingerprint density at radius 2 is 1.12 bits per heavy atom. The minimum absolute atomic E-state index is 0.281. The molecule has 2 rings (SSSR count). The molecule has 25 heavy (non-hydrogen) atoms. The molecule has 136 valence electrons. The molecule has 0 spiro atoms. The molecule has 0 atom stereocenters. The average Bonchev–Trinajstić information content (AvgIpc) is 2.62. The van der Waals surface area contributed by atoms with Gasteiger partial charge in [0.2, 0.25) is 0 Å². The topological polar surface area (TPSA) is 35.5 Å². The predicted molar refractivity (Wildman–Crippen MR) is 104 cm³/mol. The lowest BCUT2D eigenvalue weighted by molar-refractivity contribution is 0.222. The van der Waals surface area contributed by atoms with Crippen molar-refractivity contribution in [2.45, 2.75) is 39.5 Å². The van der Waals surface area contributed by atoms with Crippen molar-refractivity contribution in [3.8, 4) is 0 Å². The molecule has 0 radical (unpaired) electrons. The van der Waals surface area contributed by atoms with E-state index in [2.05, 4.69) is 38.1 Å². The molecule has 0 saturated heterocycles. The molecule has 5 heteroatoms. The highest BCUT2D eigenvalue weighted by Crippen LogP contribution is 2.53. The molecule has 0 N–H and O–H groups in total. The van der Waals surface area contributed by atoms with Gasteiger partial charge in [0, 0.05) is 11.2 Å². The molecule has 0 amide bonds. The quantitative estimate of drug-likeness (QED) is 0.476. The van der Waals surface area contributed by atoms with Crippen LogP contribution in [0, 0.1) is 0 Å². The summed E-state index contributed by atoms with van der Waals surface area (Å²) >= 11 is 5.93. The largest absolute Gasteiger partial charge is 0.424 e. The van der Waals surface area contributed by atoms with Crippen molar-refractivity contribution in [2.24, 2.45) is 0 Å². The van der Waals surface area contributed by atoms with Crippen molar-refractivity contribution >= 4 is 18.2 Å². The summed E-state index contributed by atoms with van der Waals surface area (Å²) in [5, 5.41) is 0. The number of hydrogen-bond donors (Lipinski definition) is 0. The van der Waals surface area contributed by atoms with Gasteiger partial charge in [0.25, 0.3) is 0 Å². The Morgan fingerprint density at radius 1 is 0.760 bits per heavy atom. The van der Waals surface area contributed by atoms with Crippen molar-refractivity contribution in [3.05, 3.63) is 70.8 Å². The molecule has 0 aliphatic heterocycles. The zero-order valence-electron chi connectivity index (χ0n) is 14.9. The molecule has 0 unspecified atom stereocenters. The summed E-state index contributed by atoms with van der Waals surface area (Å²) in [4.78, 5) is 0. The maximum atomic E-state index is 12.2. The van der Waals surface area contributed by atoms with Crippen LogP contribution in [-0.2, 0) is 39.3 Å². The van der Waals surface area contributed by atoms with E-state index in [1.54, 1.807) is 0 Å². The molecule has 2 aromatic carbocycles. The summed E-state index contributed by atoms with van der Waals surface area (Å²) in [5.74, 6) is 0. The van der Waals surface area contributed by atoms with Crippen LogP contribution in [0.5, 0.6) is 0 Å². The van der Waals surface area contributed by atoms with Crippen LogP contribution in [0.1, 0.15) is 36.1 Å². The summed E-state index contributed by atoms with van der Waals surface area (Å²) in [6, 6.07) is 16.3. The number of aryl methyl sites for hydroxylation is 2. The van der Waals surface area contributed by atoms with Gasteiger partial charge in [-0.1, -0.05) is 62.4 Å².